The van der Waals surface area contributed by atoms with Gasteiger partial charge in [0, 0.05) is 12.2 Å². The fourth-order valence-corrected chi connectivity index (χ4v) is 0.904. The lowest BCUT2D eigenvalue weighted by molar-refractivity contribution is 0.905. The highest BCUT2D eigenvalue weighted by Gasteiger charge is 2.04. The molecule has 0 aromatic carbocycles. The van der Waals surface area contributed by atoms with Crippen molar-refractivity contribution in [3.63, 3.8) is 0 Å². The second-order valence-electron chi connectivity index (χ2n) is 2.41. The van der Waals surface area contributed by atoms with Crippen molar-refractivity contribution in [2.45, 2.75) is 6.04 Å². The van der Waals surface area contributed by atoms with Gasteiger partial charge in [-0.1, -0.05) is 17.7 Å². The smallest absolute Gasteiger partial charge is 0.151 e. The Hall–Kier alpha value is -1.06. The molecule has 0 radical (unpaired) electrons. The van der Waals surface area contributed by atoms with Crippen LogP contribution in [0.5, 0.6) is 0 Å². The number of nitrogens with two attached hydrogens (primary N) is 2. The van der Waals surface area contributed by atoms with Gasteiger partial charge in [0.25, 0.3) is 0 Å². The number of hydrogen-bond acceptors (Lipinski definition) is 3. The summed E-state index contributed by atoms with van der Waals surface area (Å²) in [5, 5.41) is 0.301. The Morgan fingerprint density at radius 3 is 2.83 bits per heavy atom. The summed E-state index contributed by atoms with van der Waals surface area (Å²) >= 11 is 5.63. The Morgan fingerprint density at radius 2 is 2.33 bits per heavy atom. The van der Waals surface area contributed by atoms with Gasteiger partial charge >= 0.3 is 0 Å². The predicted molar refractivity (Wildman–Crippen MR) is 50.8 cm³/mol. The summed E-state index contributed by atoms with van der Waals surface area (Å²) in [6, 6.07) is 1.46. The first-order chi connectivity index (χ1) is 5.65. The molecule has 1 aromatic rings. The number of nitrogens with zero attached hydrogens (tertiary/aromatic N) is 1. The maximum absolute atomic E-state index is 5.66. The van der Waals surface area contributed by atoms with Crippen LogP contribution in [0, 0.1) is 0 Å². The fourth-order valence-electron chi connectivity index (χ4n) is 0.800. The number of hydrogen-bond donors (Lipinski definition) is 2. The zero-order valence-corrected chi connectivity index (χ0v) is 7.25. The predicted octanol–water partition coefficient (Wildman–Crippen LogP) is 1.50. The van der Waals surface area contributed by atoms with Crippen LogP contribution in [0.4, 0.5) is 5.69 Å². The minimum Gasteiger partial charge on any atom is -0.396 e. The Kier molecular flexibility index (Phi) is 2.68. The first kappa shape index (κ1) is 9.03. The normalized spacial score (nSPS) is 12.5. The second kappa shape index (κ2) is 3.56. The van der Waals surface area contributed by atoms with E-state index in [9.17, 15) is 0 Å². The van der Waals surface area contributed by atoms with E-state index in [1.165, 1.54) is 0 Å². The summed E-state index contributed by atoms with van der Waals surface area (Å²) in [6.45, 7) is 3.56. The van der Waals surface area contributed by atoms with Crippen LogP contribution in [-0.2, 0) is 0 Å². The van der Waals surface area contributed by atoms with Gasteiger partial charge in [0.05, 0.1) is 5.69 Å². The molecule has 1 atom stereocenters. The lowest BCUT2D eigenvalue weighted by Gasteiger charge is -2.06. The van der Waals surface area contributed by atoms with Crippen LogP contribution in [0.2, 0.25) is 5.15 Å². The van der Waals surface area contributed by atoms with Crippen molar-refractivity contribution in [2.24, 2.45) is 5.73 Å². The average molecular weight is 184 g/mol. The van der Waals surface area contributed by atoms with E-state index in [4.69, 9.17) is 23.1 Å². The van der Waals surface area contributed by atoms with Gasteiger partial charge in [0.15, 0.2) is 5.15 Å². The molecule has 12 heavy (non-hydrogen) atoms. The van der Waals surface area contributed by atoms with Gasteiger partial charge in [0.1, 0.15) is 0 Å². The molecular formula is C8H10ClN3. The molecular weight excluding hydrogens is 174 g/mol. The number of halogens is 1. The largest absolute Gasteiger partial charge is 0.396 e. The van der Waals surface area contributed by atoms with Crippen molar-refractivity contribution in [1.82, 2.24) is 4.98 Å². The lowest BCUT2D eigenvalue weighted by Crippen LogP contribution is -2.07. The van der Waals surface area contributed by atoms with Gasteiger partial charge in [-0.15, -0.1) is 6.58 Å². The highest BCUT2D eigenvalue weighted by molar-refractivity contribution is 6.31. The standard InChI is InChI=1S/C8H10ClN3/c1-2-6(10)5-3-7(11)8(9)12-4-5/h2-4,6H,1,10-11H2/t6-/m1/s1. The molecule has 0 aliphatic rings. The number of anilines is 1. The molecule has 4 heteroatoms. The monoisotopic (exact) mass is 183 g/mol. The Morgan fingerprint density at radius 1 is 1.67 bits per heavy atom. The van der Waals surface area contributed by atoms with E-state index in [0.717, 1.165) is 5.56 Å². The van der Waals surface area contributed by atoms with Crippen molar-refractivity contribution < 1.29 is 0 Å². The maximum atomic E-state index is 5.66. The maximum Gasteiger partial charge on any atom is 0.151 e. The number of nitrogen functional groups attached to an aromatic ring is 1. The molecule has 0 saturated heterocycles. The summed E-state index contributed by atoms with van der Waals surface area (Å²) in [5.74, 6) is 0. The molecule has 0 aliphatic heterocycles. The molecule has 0 saturated carbocycles. The van der Waals surface area contributed by atoms with Gasteiger partial charge in [-0.25, -0.2) is 4.98 Å². The Balaban J connectivity index is 3.04. The van der Waals surface area contributed by atoms with Crippen LogP contribution >= 0.6 is 11.6 Å². The molecule has 3 nitrogen and oxygen atoms in total. The minimum atomic E-state index is -0.239. The van der Waals surface area contributed by atoms with E-state index in [2.05, 4.69) is 11.6 Å². The zero-order valence-electron chi connectivity index (χ0n) is 6.50. The van der Waals surface area contributed by atoms with Gasteiger partial charge in [-0.2, -0.15) is 0 Å². The van der Waals surface area contributed by atoms with Crippen LogP contribution in [0.25, 0.3) is 0 Å². The summed E-state index contributed by atoms with van der Waals surface area (Å²) < 4.78 is 0. The van der Waals surface area contributed by atoms with E-state index < -0.39 is 0 Å². The number of rotatable bonds is 2. The third kappa shape index (κ3) is 1.75. The zero-order chi connectivity index (χ0) is 9.14. The molecule has 0 spiro atoms. The van der Waals surface area contributed by atoms with Gasteiger partial charge in [-0.3, -0.25) is 0 Å². The van der Waals surface area contributed by atoms with Crippen molar-refractivity contribution in [2.75, 3.05) is 5.73 Å². The van der Waals surface area contributed by atoms with Crippen molar-refractivity contribution >= 4 is 17.3 Å². The first-order valence-electron chi connectivity index (χ1n) is 3.44. The van der Waals surface area contributed by atoms with E-state index in [-0.39, 0.29) is 6.04 Å². The molecule has 0 bridgehead atoms. The minimum absolute atomic E-state index is 0.239. The topological polar surface area (TPSA) is 64.9 Å². The molecule has 0 fully saturated rings. The van der Waals surface area contributed by atoms with Crippen LogP contribution in [0.15, 0.2) is 24.9 Å². The number of pyridine rings is 1. The lowest BCUT2D eigenvalue weighted by atomic mass is 10.1. The number of aromatic nitrogens is 1. The Labute approximate surface area is 76.0 Å². The molecule has 64 valence electrons. The van der Waals surface area contributed by atoms with E-state index >= 15 is 0 Å². The van der Waals surface area contributed by atoms with Crippen LogP contribution < -0.4 is 11.5 Å². The van der Waals surface area contributed by atoms with E-state index in [1.807, 2.05) is 0 Å². The average Bonchev–Trinajstić information content (AvgIpc) is 2.08. The molecule has 1 rings (SSSR count). The van der Waals surface area contributed by atoms with Crippen LogP contribution in [-0.4, -0.2) is 4.98 Å². The Bertz CT molecular complexity index is 298. The molecule has 0 unspecified atom stereocenters. The molecule has 4 N–H and O–H groups in total. The van der Waals surface area contributed by atoms with Gasteiger partial charge in [0.2, 0.25) is 0 Å². The molecule has 0 aliphatic carbocycles. The third-order valence-corrected chi connectivity index (χ3v) is 1.84. The molecule has 1 heterocycles. The summed E-state index contributed by atoms with van der Waals surface area (Å²) in [5.41, 5.74) is 12.4. The first-order valence-corrected chi connectivity index (χ1v) is 3.82. The fraction of sp³-hybridized carbons (Fsp3) is 0.125. The second-order valence-corrected chi connectivity index (χ2v) is 2.77. The highest BCUT2D eigenvalue weighted by Crippen LogP contribution is 2.19. The van der Waals surface area contributed by atoms with Crippen LogP contribution in [0.1, 0.15) is 11.6 Å². The van der Waals surface area contributed by atoms with Crippen molar-refractivity contribution in [3.8, 4) is 0 Å². The quantitative estimate of drug-likeness (QED) is 0.540. The van der Waals surface area contributed by atoms with E-state index in [0.29, 0.717) is 10.8 Å². The summed E-state index contributed by atoms with van der Waals surface area (Å²) in [6.07, 6.45) is 3.20. The summed E-state index contributed by atoms with van der Waals surface area (Å²) in [7, 11) is 0. The summed E-state index contributed by atoms with van der Waals surface area (Å²) in [4.78, 5) is 3.86. The SMILES string of the molecule is C=C[C@@H](N)c1cnc(Cl)c(N)c1. The van der Waals surface area contributed by atoms with E-state index in [1.54, 1.807) is 18.3 Å². The van der Waals surface area contributed by atoms with Gasteiger partial charge < -0.3 is 11.5 Å². The van der Waals surface area contributed by atoms with Gasteiger partial charge in [-0.05, 0) is 11.6 Å². The molecule has 1 aromatic heterocycles. The highest BCUT2D eigenvalue weighted by atomic mass is 35.5. The third-order valence-electron chi connectivity index (χ3n) is 1.53. The molecule has 0 amide bonds. The van der Waals surface area contributed by atoms with Crippen LogP contribution in [0.3, 0.4) is 0 Å². The van der Waals surface area contributed by atoms with Crippen molar-refractivity contribution in [3.05, 3.63) is 35.6 Å². The van der Waals surface area contributed by atoms with Crippen molar-refractivity contribution in [1.29, 1.82) is 0 Å².